The first-order valence-electron chi connectivity index (χ1n) is 7.67. The number of nitrogens with two attached hydrogens (primary N) is 1. The molecule has 2 aromatic carbocycles. The van der Waals surface area contributed by atoms with E-state index in [1.807, 2.05) is 0 Å². The summed E-state index contributed by atoms with van der Waals surface area (Å²) in [6.07, 6.45) is 1.48. The smallest absolute Gasteiger partial charge is 0.277 e. The van der Waals surface area contributed by atoms with Crippen molar-refractivity contribution in [2.24, 2.45) is 10.8 Å². The summed E-state index contributed by atoms with van der Waals surface area (Å²) in [5.74, 6) is 0.834. The minimum absolute atomic E-state index is 0.163. The molecule has 8 heteroatoms. The third kappa shape index (κ3) is 6.52. The van der Waals surface area contributed by atoms with E-state index in [1.54, 1.807) is 55.6 Å². The van der Waals surface area contributed by atoms with Crippen molar-refractivity contribution in [3.63, 3.8) is 0 Å². The summed E-state index contributed by atoms with van der Waals surface area (Å²) < 4.78 is 15.5. The maximum atomic E-state index is 11.7. The first-order chi connectivity index (χ1) is 12.6. The molecular weight excluding hydrogens is 338 g/mol. The number of ether oxygens (including phenoxy) is 3. The standard InChI is InChI=1S/C18H19N3O5/c1-24-14-6-8-16(9-7-14)26-12-18(23)21-20-10-13-2-4-15(5-3-13)25-11-17(19)22/h2-10H,11-12H2,1H3,(H2,19,22)(H,21,23)/b20-10-. The number of rotatable bonds is 9. The number of amides is 2. The van der Waals surface area contributed by atoms with Crippen molar-refractivity contribution < 1.29 is 23.8 Å². The number of hydrazone groups is 1. The lowest BCUT2D eigenvalue weighted by Gasteiger charge is -2.06. The van der Waals surface area contributed by atoms with E-state index >= 15 is 0 Å². The van der Waals surface area contributed by atoms with Gasteiger partial charge >= 0.3 is 0 Å². The topological polar surface area (TPSA) is 112 Å². The molecule has 0 fully saturated rings. The molecule has 0 aromatic heterocycles. The van der Waals surface area contributed by atoms with Crippen LogP contribution in [-0.2, 0) is 9.59 Å². The zero-order valence-electron chi connectivity index (χ0n) is 14.2. The van der Waals surface area contributed by atoms with E-state index in [-0.39, 0.29) is 13.2 Å². The molecule has 0 spiro atoms. The second-order valence-corrected chi connectivity index (χ2v) is 5.08. The van der Waals surface area contributed by atoms with Gasteiger partial charge in [-0.15, -0.1) is 0 Å². The van der Waals surface area contributed by atoms with Crippen LogP contribution in [0.15, 0.2) is 53.6 Å². The molecule has 3 N–H and O–H groups in total. The van der Waals surface area contributed by atoms with Crippen molar-refractivity contribution in [2.75, 3.05) is 20.3 Å². The number of nitrogens with one attached hydrogen (secondary N) is 1. The summed E-state index contributed by atoms with van der Waals surface area (Å²) in [6.45, 7) is -0.346. The number of methoxy groups -OCH3 is 1. The van der Waals surface area contributed by atoms with Crippen molar-refractivity contribution in [1.82, 2.24) is 5.43 Å². The SMILES string of the molecule is COc1ccc(OCC(=O)N/N=C\c2ccc(OCC(N)=O)cc2)cc1. The van der Waals surface area contributed by atoms with Gasteiger partial charge in [-0.2, -0.15) is 5.10 Å². The number of carbonyl (C=O) groups is 2. The lowest BCUT2D eigenvalue weighted by molar-refractivity contribution is -0.123. The Morgan fingerprint density at radius 3 is 2.08 bits per heavy atom. The van der Waals surface area contributed by atoms with Crippen LogP contribution in [0.4, 0.5) is 0 Å². The van der Waals surface area contributed by atoms with Crippen LogP contribution >= 0.6 is 0 Å². The van der Waals surface area contributed by atoms with Crippen molar-refractivity contribution in [2.45, 2.75) is 0 Å². The lowest BCUT2D eigenvalue weighted by Crippen LogP contribution is -2.24. The van der Waals surface area contributed by atoms with E-state index in [4.69, 9.17) is 19.9 Å². The highest BCUT2D eigenvalue weighted by Gasteiger charge is 2.02. The van der Waals surface area contributed by atoms with Crippen LogP contribution in [-0.4, -0.2) is 38.4 Å². The molecule has 2 rings (SSSR count). The van der Waals surface area contributed by atoms with Gasteiger partial charge in [-0.1, -0.05) is 0 Å². The van der Waals surface area contributed by atoms with Crippen molar-refractivity contribution in [1.29, 1.82) is 0 Å². The van der Waals surface area contributed by atoms with Gasteiger partial charge < -0.3 is 19.9 Å². The normalized spacial score (nSPS) is 10.3. The fourth-order valence-corrected chi connectivity index (χ4v) is 1.84. The Kier molecular flexibility index (Phi) is 6.99. The number of hydrogen-bond acceptors (Lipinski definition) is 6. The van der Waals surface area contributed by atoms with Crippen LogP contribution in [0, 0.1) is 0 Å². The van der Waals surface area contributed by atoms with E-state index in [0.717, 1.165) is 5.56 Å². The molecule has 0 heterocycles. The first-order valence-corrected chi connectivity index (χ1v) is 7.67. The Balaban J connectivity index is 1.74. The van der Waals surface area contributed by atoms with Crippen LogP contribution in [0.2, 0.25) is 0 Å². The van der Waals surface area contributed by atoms with Crippen molar-refractivity contribution in [3.8, 4) is 17.2 Å². The molecule has 0 unspecified atom stereocenters. The minimum atomic E-state index is -0.546. The number of carbonyl (C=O) groups excluding carboxylic acids is 2. The molecule has 2 aromatic rings. The molecule has 0 aliphatic carbocycles. The van der Waals surface area contributed by atoms with Crippen LogP contribution in [0.3, 0.4) is 0 Å². The van der Waals surface area contributed by atoms with Gasteiger partial charge in [0.15, 0.2) is 13.2 Å². The zero-order chi connectivity index (χ0) is 18.8. The fraction of sp³-hybridized carbons (Fsp3) is 0.167. The summed E-state index contributed by atoms with van der Waals surface area (Å²) in [7, 11) is 1.57. The Labute approximate surface area is 150 Å². The molecule has 0 atom stereocenters. The quantitative estimate of drug-likeness (QED) is 0.515. The van der Waals surface area contributed by atoms with Gasteiger partial charge in [0.05, 0.1) is 13.3 Å². The zero-order valence-corrected chi connectivity index (χ0v) is 14.2. The Morgan fingerprint density at radius 1 is 0.962 bits per heavy atom. The average Bonchev–Trinajstić information content (AvgIpc) is 2.66. The summed E-state index contributed by atoms with van der Waals surface area (Å²) >= 11 is 0. The number of hydrogen-bond donors (Lipinski definition) is 2. The van der Waals surface area contributed by atoms with Gasteiger partial charge in [-0.05, 0) is 54.1 Å². The summed E-state index contributed by atoms with van der Waals surface area (Å²) in [5, 5.41) is 3.85. The van der Waals surface area contributed by atoms with E-state index in [0.29, 0.717) is 17.2 Å². The highest BCUT2D eigenvalue weighted by atomic mass is 16.5. The Bertz CT molecular complexity index is 757. The second kappa shape index (κ2) is 9.67. The van der Waals surface area contributed by atoms with E-state index < -0.39 is 11.8 Å². The van der Waals surface area contributed by atoms with Crippen LogP contribution in [0.1, 0.15) is 5.56 Å². The van der Waals surface area contributed by atoms with Crippen molar-refractivity contribution >= 4 is 18.0 Å². The molecule has 0 radical (unpaired) electrons. The Hall–Kier alpha value is -3.55. The maximum Gasteiger partial charge on any atom is 0.277 e. The monoisotopic (exact) mass is 357 g/mol. The molecule has 0 saturated heterocycles. The largest absolute Gasteiger partial charge is 0.497 e. The Morgan fingerprint density at radius 2 is 1.50 bits per heavy atom. The molecule has 26 heavy (non-hydrogen) atoms. The van der Waals surface area contributed by atoms with Gasteiger partial charge in [0.2, 0.25) is 0 Å². The summed E-state index contributed by atoms with van der Waals surface area (Å²) in [4.78, 5) is 22.3. The van der Waals surface area contributed by atoms with Crippen LogP contribution < -0.4 is 25.4 Å². The van der Waals surface area contributed by atoms with Gasteiger partial charge in [0.1, 0.15) is 17.2 Å². The molecular formula is C18H19N3O5. The first kappa shape index (κ1) is 18.8. The predicted molar refractivity (Wildman–Crippen MR) is 95.4 cm³/mol. The highest BCUT2D eigenvalue weighted by molar-refractivity contribution is 5.83. The molecule has 136 valence electrons. The fourth-order valence-electron chi connectivity index (χ4n) is 1.84. The predicted octanol–water partition coefficient (Wildman–Crippen LogP) is 1.09. The van der Waals surface area contributed by atoms with Crippen LogP contribution in [0.25, 0.3) is 0 Å². The van der Waals surface area contributed by atoms with Crippen molar-refractivity contribution in [3.05, 3.63) is 54.1 Å². The number of nitrogens with zero attached hydrogens (tertiary/aromatic N) is 1. The minimum Gasteiger partial charge on any atom is -0.497 e. The number of benzene rings is 2. The van der Waals surface area contributed by atoms with E-state index in [1.165, 1.54) is 6.21 Å². The van der Waals surface area contributed by atoms with Gasteiger partial charge in [0.25, 0.3) is 11.8 Å². The number of primary amides is 1. The molecule has 0 saturated carbocycles. The average molecular weight is 357 g/mol. The second-order valence-electron chi connectivity index (χ2n) is 5.08. The van der Waals surface area contributed by atoms with Crippen LogP contribution in [0.5, 0.6) is 17.2 Å². The van der Waals surface area contributed by atoms with Gasteiger partial charge in [-0.25, -0.2) is 5.43 Å². The summed E-state index contributed by atoms with van der Waals surface area (Å²) in [5.41, 5.74) is 8.11. The van der Waals surface area contributed by atoms with Gasteiger partial charge in [-0.3, -0.25) is 9.59 Å². The third-order valence-corrected chi connectivity index (χ3v) is 3.09. The molecule has 8 nitrogen and oxygen atoms in total. The molecule has 2 amide bonds. The van der Waals surface area contributed by atoms with E-state index in [2.05, 4.69) is 10.5 Å². The van der Waals surface area contributed by atoms with Gasteiger partial charge in [0, 0.05) is 0 Å². The maximum absolute atomic E-state index is 11.7. The molecule has 0 aliphatic rings. The molecule has 0 bridgehead atoms. The van der Waals surface area contributed by atoms with E-state index in [9.17, 15) is 9.59 Å². The lowest BCUT2D eigenvalue weighted by atomic mass is 10.2. The summed E-state index contributed by atoms with van der Waals surface area (Å²) in [6, 6.07) is 13.7. The third-order valence-electron chi connectivity index (χ3n) is 3.09. The molecule has 0 aliphatic heterocycles. The highest BCUT2D eigenvalue weighted by Crippen LogP contribution is 2.16.